The lowest BCUT2D eigenvalue weighted by atomic mass is 9.63. The van der Waals surface area contributed by atoms with Crippen LogP contribution in [0.3, 0.4) is 0 Å². The molecule has 0 bridgehead atoms. The number of aromatic nitrogens is 1. The minimum atomic E-state index is 0.564. The van der Waals surface area contributed by atoms with Crippen LogP contribution in [0.4, 0.5) is 0 Å². The molecular formula is C29H32N2S2. The topological polar surface area (TPSA) is 24.9 Å². The van der Waals surface area contributed by atoms with Crippen molar-refractivity contribution in [2.75, 3.05) is 13.1 Å². The molecule has 1 atom stereocenters. The molecule has 2 aromatic heterocycles. The number of allylic oxidation sites excluding steroid dienone is 2. The Morgan fingerprint density at radius 2 is 2.03 bits per heavy atom. The Morgan fingerprint density at radius 3 is 2.85 bits per heavy atom. The number of hydrogen-bond donors (Lipinski definition) is 1. The van der Waals surface area contributed by atoms with E-state index in [1.807, 2.05) is 0 Å². The van der Waals surface area contributed by atoms with Crippen molar-refractivity contribution in [3.63, 3.8) is 0 Å². The summed E-state index contributed by atoms with van der Waals surface area (Å²) in [7, 11) is 0. The number of piperidine rings is 1. The highest BCUT2D eigenvalue weighted by Crippen LogP contribution is 2.49. The van der Waals surface area contributed by atoms with Gasteiger partial charge >= 0.3 is 0 Å². The Kier molecular flexibility index (Phi) is 7.08. The molecule has 170 valence electrons. The second-order valence-corrected chi connectivity index (χ2v) is 11.3. The number of thiophene rings is 1. The zero-order valence-corrected chi connectivity index (χ0v) is 20.8. The van der Waals surface area contributed by atoms with Crippen LogP contribution in [0.2, 0.25) is 0 Å². The molecular weight excluding hydrogens is 440 g/mol. The summed E-state index contributed by atoms with van der Waals surface area (Å²) in [5.41, 5.74) is 8.66. The zero-order chi connectivity index (χ0) is 22.5. The van der Waals surface area contributed by atoms with Gasteiger partial charge in [-0.2, -0.15) is 0 Å². The Morgan fingerprint density at radius 1 is 1.15 bits per heavy atom. The Labute approximate surface area is 205 Å². The van der Waals surface area contributed by atoms with E-state index in [-0.39, 0.29) is 0 Å². The molecule has 4 heteroatoms. The van der Waals surface area contributed by atoms with E-state index in [2.05, 4.69) is 76.9 Å². The first-order chi connectivity index (χ1) is 16.3. The molecule has 1 spiro atoms. The molecule has 1 aliphatic carbocycles. The summed E-state index contributed by atoms with van der Waals surface area (Å²) >= 11 is 3.43. The van der Waals surface area contributed by atoms with Gasteiger partial charge in [-0.05, 0) is 79.1 Å². The molecule has 33 heavy (non-hydrogen) atoms. The minimum absolute atomic E-state index is 0.564. The predicted molar refractivity (Wildman–Crippen MR) is 144 cm³/mol. The van der Waals surface area contributed by atoms with Gasteiger partial charge in [-0.25, -0.2) is 4.98 Å². The first-order valence-corrected chi connectivity index (χ1v) is 13.9. The van der Waals surface area contributed by atoms with E-state index in [9.17, 15) is 0 Å². The standard InChI is InChI=1S/C29H32N2S2/c1-2-22(26-21-33-28(31-26)27-13-7-19-32-27)9-5-10-23-8-3-4-12-25(23)24-11-6-14-29(20-24)15-17-30-18-16-29/h3-5,7-8,10,12-13,19,21,24,30H,1,6,9,11,14-18,20H2/b10-5+. The molecule has 0 amide bonds. The summed E-state index contributed by atoms with van der Waals surface area (Å²) in [6, 6.07) is 13.2. The Hall–Kier alpha value is -2.23. The third-order valence-corrected chi connectivity index (χ3v) is 9.30. The van der Waals surface area contributed by atoms with Crippen LogP contribution >= 0.6 is 22.7 Å². The quantitative estimate of drug-likeness (QED) is 0.366. The first kappa shape index (κ1) is 22.6. The highest BCUT2D eigenvalue weighted by molar-refractivity contribution is 7.20. The third-order valence-electron chi connectivity index (χ3n) is 7.42. The van der Waals surface area contributed by atoms with Crippen LogP contribution in [0, 0.1) is 5.41 Å². The number of hydrogen-bond acceptors (Lipinski definition) is 4. The third kappa shape index (κ3) is 5.15. The van der Waals surface area contributed by atoms with Crippen molar-refractivity contribution in [1.29, 1.82) is 0 Å². The Bertz CT molecular complexity index is 1140. The molecule has 3 aromatic rings. The fourth-order valence-corrected chi connectivity index (χ4v) is 7.31. The number of benzene rings is 1. The number of thiazole rings is 1. The van der Waals surface area contributed by atoms with Crippen molar-refractivity contribution < 1.29 is 0 Å². The second-order valence-electron chi connectivity index (χ2n) is 9.45. The largest absolute Gasteiger partial charge is 0.317 e. The van der Waals surface area contributed by atoms with Crippen LogP contribution in [0.15, 0.2) is 65.5 Å². The molecule has 5 rings (SSSR count). The maximum absolute atomic E-state index is 4.84. The van der Waals surface area contributed by atoms with E-state index in [0.29, 0.717) is 11.3 Å². The van der Waals surface area contributed by atoms with E-state index in [0.717, 1.165) is 22.7 Å². The van der Waals surface area contributed by atoms with Gasteiger partial charge in [0.25, 0.3) is 0 Å². The molecule has 2 fully saturated rings. The molecule has 0 radical (unpaired) electrons. The molecule has 1 N–H and O–H groups in total. The van der Waals surface area contributed by atoms with Gasteiger partial charge in [0.15, 0.2) is 0 Å². The summed E-state index contributed by atoms with van der Waals surface area (Å²) in [4.78, 5) is 6.06. The molecule has 2 nitrogen and oxygen atoms in total. The molecule has 2 aliphatic rings. The van der Waals surface area contributed by atoms with Gasteiger partial charge in [-0.1, -0.05) is 55.5 Å². The lowest BCUT2D eigenvalue weighted by Crippen LogP contribution is -2.39. The van der Waals surface area contributed by atoms with Gasteiger partial charge in [-0.15, -0.1) is 28.4 Å². The van der Waals surface area contributed by atoms with Crippen LogP contribution in [0.1, 0.15) is 67.7 Å². The second kappa shape index (κ2) is 10.4. The van der Waals surface area contributed by atoms with Crippen molar-refractivity contribution in [1.82, 2.24) is 10.3 Å². The van der Waals surface area contributed by atoms with Gasteiger partial charge in [-0.3, -0.25) is 0 Å². The summed E-state index contributed by atoms with van der Waals surface area (Å²) in [6.07, 6.45) is 13.5. The van der Waals surface area contributed by atoms with Crippen molar-refractivity contribution in [2.24, 2.45) is 5.41 Å². The number of rotatable bonds is 6. The maximum Gasteiger partial charge on any atom is 0.134 e. The predicted octanol–water partition coefficient (Wildman–Crippen LogP) is 8.17. The van der Waals surface area contributed by atoms with E-state index in [1.165, 1.54) is 67.6 Å². The van der Waals surface area contributed by atoms with Gasteiger partial charge < -0.3 is 5.32 Å². The van der Waals surface area contributed by atoms with Crippen LogP contribution < -0.4 is 5.32 Å². The molecule has 3 heterocycles. The van der Waals surface area contributed by atoms with Crippen LogP contribution in [-0.4, -0.2) is 18.1 Å². The minimum Gasteiger partial charge on any atom is -0.317 e. The molecule has 1 aromatic carbocycles. The van der Waals surface area contributed by atoms with Gasteiger partial charge in [0.1, 0.15) is 5.01 Å². The van der Waals surface area contributed by atoms with Gasteiger partial charge in [0.05, 0.1) is 10.6 Å². The zero-order valence-electron chi connectivity index (χ0n) is 19.2. The van der Waals surface area contributed by atoms with Crippen LogP contribution in [-0.2, 0) is 0 Å². The van der Waals surface area contributed by atoms with Crippen molar-refractivity contribution >= 4 is 34.3 Å². The number of nitrogens with one attached hydrogen (secondary N) is 1. The smallest absolute Gasteiger partial charge is 0.134 e. The van der Waals surface area contributed by atoms with E-state index in [4.69, 9.17) is 4.98 Å². The summed E-state index contributed by atoms with van der Waals surface area (Å²) in [6.45, 7) is 6.32. The van der Waals surface area contributed by atoms with E-state index >= 15 is 0 Å². The summed E-state index contributed by atoms with van der Waals surface area (Å²) in [5, 5.41) is 8.86. The molecule has 1 aliphatic heterocycles. The average Bonchev–Trinajstić information content (AvgIpc) is 3.55. The summed E-state index contributed by atoms with van der Waals surface area (Å²) in [5.74, 6) is 0.680. The normalized spacial score (nSPS) is 20.2. The van der Waals surface area contributed by atoms with Crippen LogP contribution in [0.25, 0.3) is 21.5 Å². The van der Waals surface area contributed by atoms with E-state index in [1.54, 1.807) is 22.7 Å². The highest BCUT2D eigenvalue weighted by Gasteiger charge is 2.37. The van der Waals surface area contributed by atoms with Crippen molar-refractivity contribution in [3.05, 3.63) is 82.4 Å². The Balaban J connectivity index is 1.30. The van der Waals surface area contributed by atoms with Crippen LogP contribution in [0.5, 0.6) is 0 Å². The number of nitrogens with zero attached hydrogens (tertiary/aromatic N) is 1. The highest BCUT2D eigenvalue weighted by atomic mass is 32.1. The molecule has 1 saturated carbocycles. The lowest BCUT2D eigenvalue weighted by molar-refractivity contribution is 0.119. The van der Waals surface area contributed by atoms with E-state index < -0.39 is 0 Å². The molecule has 1 unspecified atom stereocenters. The SMILES string of the molecule is C=C=C(C/C=C/c1ccccc1C1CCCC2(CCNCC2)C1)c1csc(-c2cccs2)n1. The van der Waals surface area contributed by atoms with Crippen molar-refractivity contribution in [2.45, 2.75) is 50.9 Å². The average molecular weight is 473 g/mol. The lowest BCUT2D eigenvalue weighted by Gasteiger charge is -2.44. The van der Waals surface area contributed by atoms with Crippen molar-refractivity contribution in [3.8, 4) is 9.88 Å². The molecule has 1 saturated heterocycles. The first-order valence-electron chi connectivity index (χ1n) is 12.1. The fraction of sp³-hybridized carbons (Fsp3) is 0.379. The van der Waals surface area contributed by atoms with Gasteiger partial charge in [0.2, 0.25) is 0 Å². The monoisotopic (exact) mass is 472 g/mol. The van der Waals surface area contributed by atoms with Gasteiger partial charge in [0, 0.05) is 17.4 Å². The maximum atomic E-state index is 4.84. The fourth-order valence-electron chi connectivity index (χ4n) is 5.66. The summed E-state index contributed by atoms with van der Waals surface area (Å²) < 4.78 is 0.